The minimum absolute atomic E-state index is 0.0181. The first-order valence-corrected chi connectivity index (χ1v) is 9.05. The van der Waals surface area contributed by atoms with Crippen LogP contribution in [0.15, 0.2) is 30.7 Å². The number of nitrogens with zero attached hydrogens (tertiary/aromatic N) is 4. The minimum atomic E-state index is -0.0181. The molecule has 1 atom stereocenters. The van der Waals surface area contributed by atoms with Crippen molar-refractivity contribution in [3.63, 3.8) is 0 Å². The maximum absolute atomic E-state index is 6.19. The Bertz CT molecular complexity index is 699. The molecule has 0 N–H and O–H groups in total. The molecule has 0 radical (unpaired) electrons. The van der Waals surface area contributed by atoms with E-state index in [1.807, 2.05) is 37.5 Å². The van der Waals surface area contributed by atoms with Crippen molar-refractivity contribution in [1.82, 2.24) is 14.5 Å². The van der Waals surface area contributed by atoms with Gasteiger partial charge in [0.15, 0.2) is 0 Å². The highest BCUT2D eigenvalue weighted by molar-refractivity contribution is 5.57. The Morgan fingerprint density at radius 3 is 2.72 bits per heavy atom. The van der Waals surface area contributed by atoms with Gasteiger partial charge in [-0.2, -0.15) is 0 Å². The maximum atomic E-state index is 6.19. The van der Waals surface area contributed by atoms with Crippen molar-refractivity contribution in [3.05, 3.63) is 30.7 Å². The second-order valence-corrected chi connectivity index (χ2v) is 7.25. The van der Waals surface area contributed by atoms with Crippen LogP contribution in [-0.4, -0.2) is 54.1 Å². The van der Waals surface area contributed by atoms with Crippen molar-refractivity contribution < 1.29 is 9.47 Å². The Morgan fingerprint density at radius 2 is 2.00 bits per heavy atom. The molecule has 6 nitrogen and oxygen atoms in total. The quantitative estimate of drug-likeness (QED) is 0.858. The fraction of sp³-hybridized carbons (Fsp3) is 0.579. The number of anilines is 1. The topological polar surface area (TPSA) is 52.4 Å². The van der Waals surface area contributed by atoms with Gasteiger partial charge in [-0.25, -0.2) is 9.97 Å². The molecule has 134 valence electrons. The Kier molecular flexibility index (Phi) is 4.48. The number of aromatic nitrogens is 3. The van der Waals surface area contributed by atoms with Crippen LogP contribution >= 0.6 is 0 Å². The van der Waals surface area contributed by atoms with Gasteiger partial charge in [-0.05, 0) is 37.8 Å². The van der Waals surface area contributed by atoms with E-state index in [9.17, 15) is 0 Å². The van der Waals surface area contributed by atoms with Gasteiger partial charge >= 0.3 is 0 Å². The van der Waals surface area contributed by atoms with Crippen molar-refractivity contribution in [2.75, 3.05) is 38.8 Å². The average Bonchev–Trinajstić information content (AvgIpc) is 3.12. The van der Waals surface area contributed by atoms with E-state index in [0.717, 1.165) is 62.7 Å². The largest absolute Gasteiger partial charge is 0.381 e. The van der Waals surface area contributed by atoms with Crippen LogP contribution in [0.5, 0.6) is 0 Å². The lowest BCUT2D eigenvalue weighted by atomic mass is 9.84. The third-order valence-electron chi connectivity index (χ3n) is 5.40. The Hall–Kier alpha value is -1.92. The Labute approximate surface area is 148 Å². The molecule has 0 aliphatic carbocycles. The highest BCUT2D eigenvalue weighted by Gasteiger charge is 2.40. The summed E-state index contributed by atoms with van der Waals surface area (Å²) in [5, 5.41) is 0. The lowest BCUT2D eigenvalue weighted by Crippen LogP contribution is -2.44. The first kappa shape index (κ1) is 16.5. The van der Waals surface area contributed by atoms with E-state index in [1.165, 1.54) is 0 Å². The van der Waals surface area contributed by atoms with Crippen LogP contribution in [0.1, 0.15) is 31.7 Å². The number of ether oxygens (including phenoxy) is 2. The fourth-order valence-corrected chi connectivity index (χ4v) is 3.95. The molecule has 2 aromatic heterocycles. The van der Waals surface area contributed by atoms with E-state index in [-0.39, 0.29) is 5.60 Å². The first-order chi connectivity index (χ1) is 12.2. The molecule has 2 aliphatic rings. The third kappa shape index (κ3) is 3.28. The number of rotatable bonds is 3. The van der Waals surface area contributed by atoms with E-state index < -0.39 is 0 Å². The second-order valence-electron chi connectivity index (χ2n) is 7.25. The molecule has 2 fully saturated rings. The zero-order chi connectivity index (χ0) is 17.3. The fourth-order valence-electron chi connectivity index (χ4n) is 3.95. The van der Waals surface area contributed by atoms with Crippen LogP contribution in [0, 0.1) is 0 Å². The molecule has 0 saturated carbocycles. The summed E-state index contributed by atoms with van der Waals surface area (Å²) in [6, 6.07) is 4.56. The molecule has 0 bridgehead atoms. The number of pyridine rings is 1. The van der Waals surface area contributed by atoms with Crippen molar-refractivity contribution in [2.45, 2.75) is 37.3 Å². The van der Waals surface area contributed by atoms with Gasteiger partial charge in [0.25, 0.3) is 0 Å². The van der Waals surface area contributed by atoms with E-state index in [2.05, 4.69) is 26.8 Å². The van der Waals surface area contributed by atoms with Crippen molar-refractivity contribution in [3.8, 4) is 11.4 Å². The van der Waals surface area contributed by atoms with Crippen LogP contribution < -0.4 is 4.90 Å². The molecule has 1 unspecified atom stereocenters. The molecule has 2 aliphatic heterocycles. The van der Waals surface area contributed by atoms with Crippen LogP contribution in [0.3, 0.4) is 0 Å². The lowest BCUT2D eigenvalue weighted by Gasteiger charge is -2.43. The molecule has 4 heterocycles. The van der Waals surface area contributed by atoms with Crippen molar-refractivity contribution in [2.24, 2.45) is 0 Å². The zero-order valence-corrected chi connectivity index (χ0v) is 15.0. The second kappa shape index (κ2) is 6.77. The third-order valence-corrected chi connectivity index (χ3v) is 5.40. The minimum Gasteiger partial charge on any atom is -0.381 e. The van der Waals surface area contributed by atoms with Gasteiger partial charge in [-0.3, -0.25) is 0 Å². The van der Waals surface area contributed by atoms with Crippen LogP contribution in [0.25, 0.3) is 11.4 Å². The summed E-state index contributed by atoms with van der Waals surface area (Å²) in [7, 11) is 4.00. The molecular weight excluding hydrogens is 316 g/mol. The summed E-state index contributed by atoms with van der Waals surface area (Å²) in [6.07, 6.45) is 9.94. The average molecular weight is 342 g/mol. The molecule has 0 amide bonds. The van der Waals surface area contributed by atoms with E-state index >= 15 is 0 Å². The van der Waals surface area contributed by atoms with E-state index in [4.69, 9.17) is 9.47 Å². The van der Waals surface area contributed by atoms with Gasteiger partial charge < -0.3 is 18.9 Å². The van der Waals surface area contributed by atoms with Crippen LogP contribution in [0.2, 0.25) is 0 Å². The van der Waals surface area contributed by atoms with E-state index in [1.54, 1.807) is 0 Å². The van der Waals surface area contributed by atoms with E-state index in [0.29, 0.717) is 6.04 Å². The maximum Gasteiger partial charge on any atom is 0.141 e. The molecule has 4 rings (SSSR count). The summed E-state index contributed by atoms with van der Waals surface area (Å²) in [5.74, 6) is 1.95. The summed E-state index contributed by atoms with van der Waals surface area (Å²) < 4.78 is 14.0. The molecule has 6 heteroatoms. The lowest BCUT2D eigenvalue weighted by molar-refractivity contribution is -0.144. The SMILES string of the molecule is CN(C)c1ccc(-c2nccn2C2CCOC3(CCOCC3)C2)cn1. The van der Waals surface area contributed by atoms with Gasteiger partial charge in [0.1, 0.15) is 11.6 Å². The standard InChI is InChI=1S/C19H26N4O2/c1-22(2)17-4-3-15(14-21-17)18-20-8-9-23(18)16-5-10-25-19(13-16)6-11-24-12-7-19/h3-4,8-9,14,16H,5-7,10-13H2,1-2H3. The Balaban J connectivity index is 1.58. The van der Waals surface area contributed by atoms with Crippen LogP contribution in [0.4, 0.5) is 5.82 Å². The summed E-state index contributed by atoms with van der Waals surface area (Å²) in [5.41, 5.74) is 1.04. The van der Waals surface area contributed by atoms with Crippen LogP contribution in [-0.2, 0) is 9.47 Å². The monoisotopic (exact) mass is 342 g/mol. The number of hydrogen-bond donors (Lipinski definition) is 0. The van der Waals surface area contributed by atoms with Crippen molar-refractivity contribution >= 4 is 5.82 Å². The van der Waals surface area contributed by atoms with Gasteiger partial charge in [-0.1, -0.05) is 0 Å². The molecular formula is C19H26N4O2. The molecule has 1 spiro atoms. The van der Waals surface area contributed by atoms with Gasteiger partial charge in [-0.15, -0.1) is 0 Å². The smallest absolute Gasteiger partial charge is 0.141 e. The van der Waals surface area contributed by atoms with Gasteiger partial charge in [0.05, 0.1) is 5.60 Å². The van der Waals surface area contributed by atoms with Gasteiger partial charge in [0, 0.05) is 64.1 Å². The number of imidazole rings is 1. The molecule has 25 heavy (non-hydrogen) atoms. The summed E-state index contributed by atoms with van der Waals surface area (Å²) in [4.78, 5) is 11.2. The zero-order valence-electron chi connectivity index (χ0n) is 15.0. The molecule has 2 aromatic rings. The number of hydrogen-bond acceptors (Lipinski definition) is 5. The molecule has 0 aromatic carbocycles. The Morgan fingerprint density at radius 1 is 1.16 bits per heavy atom. The highest BCUT2D eigenvalue weighted by Crippen LogP contribution is 2.40. The predicted molar refractivity (Wildman–Crippen MR) is 96.8 cm³/mol. The summed E-state index contributed by atoms with van der Waals surface area (Å²) in [6.45, 7) is 2.42. The highest BCUT2D eigenvalue weighted by atomic mass is 16.5. The predicted octanol–water partition coefficient (Wildman–Crippen LogP) is 2.91. The van der Waals surface area contributed by atoms with Gasteiger partial charge in [0.2, 0.25) is 0 Å². The molecule has 2 saturated heterocycles. The van der Waals surface area contributed by atoms with Crippen molar-refractivity contribution in [1.29, 1.82) is 0 Å². The first-order valence-electron chi connectivity index (χ1n) is 9.05. The summed E-state index contributed by atoms with van der Waals surface area (Å²) >= 11 is 0. The normalized spacial score (nSPS) is 22.9.